The number of pyridine rings is 1. The topological polar surface area (TPSA) is 33.1 Å². The van der Waals surface area contributed by atoms with E-state index in [0.29, 0.717) is 0 Å². The second-order valence-corrected chi connectivity index (χ2v) is 5.61. The van der Waals surface area contributed by atoms with E-state index in [4.69, 9.17) is 0 Å². The van der Waals surface area contributed by atoms with Crippen molar-refractivity contribution in [1.82, 2.24) is 4.98 Å². The van der Waals surface area contributed by atoms with Gasteiger partial charge in [-0.05, 0) is 43.4 Å². The minimum atomic E-state index is -0.395. The van der Waals surface area contributed by atoms with Crippen LogP contribution in [0.25, 0.3) is 0 Å². The molecule has 1 heterocycles. The minimum absolute atomic E-state index is 0.395. The predicted octanol–water partition coefficient (Wildman–Crippen LogP) is 3.42. The van der Waals surface area contributed by atoms with E-state index in [1.165, 1.54) is 31.4 Å². The Hall–Kier alpha value is -0.540. The number of hydrogen-bond acceptors (Lipinski definition) is 3. The van der Waals surface area contributed by atoms with Crippen LogP contribution in [0.5, 0.6) is 0 Å². The molecule has 1 aromatic rings. The molecule has 1 atom stereocenters. The van der Waals surface area contributed by atoms with Gasteiger partial charge in [0.25, 0.3) is 0 Å². The zero-order valence-electron chi connectivity index (χ0n) is 9.72. The van der Waals surface area contributed by atoms with E-state index in [0.717, 1.165) is 16.5 Å². The number of aliphatic hydroxyl groups excluding tert-OH is 1. The van der Waals surface area contributed by atoms with Crippen LogP contribution in [0, 0.1) is 5.92 Å². The van der Waals surface area contributed by atoms with Crippen molar-refractivity contribution >= 4 is 11.8 Å². The molecule has 1 fully saturated rings. The van der Waals surface area contributed by atoms with Crippen molar-refractivity contribution in [2.75, 3.05) is 5.75 Å². The Labute approximate surface area is 101 Å². The Balaban J connectivity index is 1.90. The molecule has 1 aliphatic rings. The van der Waals surface area contributed by atoms with Crippen molar-refractivity contribution in [3.05, 3.63) is 23.9 Å². The van der Waals surface area contributed by atoms with Crippen LogP contribution in [-0.4, -0.2) is 15.8 Å². The molecule has 0 unspecified atom stereocenters. The van der Waals surface area contributed by atoms with Crippen molar-refractivity contribution < 1.29 is 5.11 Å². The van der Waals surface area contributed by atoms with Crippen LogP contribution in [0.1, 0.15) is 44.3 Å². The molecule has 0 aliphatic heterocycles. The molecule has 3 heteroatoms. The monoisotopic (exact) mass is 237 g/mol. The molecule has 2 nitrogen and oxygen atoms in total. The molecule has 0 amide bonds. The van der Waals surface area contributed by atoms with Gasteiger partial charge in [-0.25, -0.2) is 4.98 Å². The number of nitrogens with zero attached hydrogens (tertiary/aromatic N) is 1. The molecule has 1 N–H and O–H groups in total. The van der Waals surface area contributed by atoms with E-state index in [9.17, 15) is 5.11 Å². The van der Waals surface area contributed by atoms with Gasteiger partial charge in [-0.1, -0.05) is 12.8 Å². The highest BCUT2D eigenvalue weighted by atomic mass is 32.2. The molecular formula is C13H19NOS. The van der Waals surface area contributed by atoms with Crippen molar-refractivity contribution in [2.45, 2.75) is 43.7 Å². The maximum Gasteiger partial charge on any atom is 0.0963 e. The summed E-state index contributed by atoms with van der Waals surface area (Å²) >= 11 is 1.83. The maximum atomic E-state index is 9.49. The second kappa shape index (κ2) is 5.69. The molecule has 1 aromatic heterocycles. The molecule has 0 aromatic carbocycles. The van der Waals surface area contributed by atoms with Gasteiger partial charge in [0, 0.05) is 11.9 Å². The molecular weight excluding hydrogens is 218 g/mol. The van der Waals surface area contributed by atoms with E-state index in [1.807, 2.05) is 23.9 Å². The quantitative estimate of drug-likeness (QED) is 0.815. The first-order valence-electron chi connectivity index (χ1n) is 6.02. The first kappa shape index (κ1) is 11.9. The summed E-state index contributed by atoms with van der Waals surface area (Å²) in [7, 11) is 0. The highest BCUT2D eigenvalue weighted by Crippen LogP contribution is 2.30. The minimum Gasteiger partial charge on any atom is -0.389 e. The Bertz CT molecular complexity index is 334. The van der Waals surface area contributed by atoms with Crippen molar-refractivity contribution in [3.8, 4) is 0 Å². The molecule has 0 radical (unpaired) electrons. The summed E-state index contributed by atoms with van der Waals surface area (Å²) in [4.78, 5) is 4.33. The molecule has 0 spiro atoms. The normalized spacial score (nSPS) is 18.9. The van der Waals surface area contributed by atoms with Crippen LogP contribution in [0.2, 0.25) is 0 Å². The van der Waals surface area contributed by atoms with Gasteiger partial charge in [0.05, 0.1) is 11.1 Å². The Morgan fingerprint density at radius 1 is 1.50 bits per heavy atom. The molecule has 0 saturated heterocycles. The molecule has 2 rings (SSSR count). The fourth-order valence-electron chi connectivity index (χ4n) is 2.14. The van der Waals surface area contributed by atoms with Gasteiger partial charge in [-0.3, -0.25) is 0 Å². The SMILES string of the molecule is C[C@@H](O)c1ccnc(SCC2CCCC2)c1. The predicted molar refractivity (Wildman–Crippen MR) is 67.6 cm³/mol. The van der Waals surface area contributed by atoms with Crippen LogP contribution in [-0.2, 0) is 0 Å². The van der Waals surface area contributed by atoms with E-state index in [1.54, 1.807) is 13.1 Å². The fourth-order valence-corrected chi connectivity index (χ4v) is 3.24. The average Bonchev–Trinajstić information content (AvgIpc) is 2.79. The van der Waals surface area contributed by atoms with E-state index in [2.05, 4.69) is 4.98 Å². The Kier molecular flexibility index (Phi) is 4.24. The van der Waals surface area contributed by atoms with Crippen molar-refractivity contribution in [2.24, 2.45) is 5.92 Å². The fraction of sp³-hybridized carbons (Fsp3) is 0.615. The molecule has 1 saturated carbocycles. The largest absolute Gasteiger partial charge is 0.389 e. The van der Waals surface area contributed by atoms with Crippen molar-refractivity contribution in [3.63, 3.8) is 0 Å². The third-order valence-electron chi connectivity index (χ3n) is 3.18. The number of rotatable bonds is 4. The number of hydrogen-bond donors (Lipinski definition) is 1. The third-order valence-corrected chi connectivity index (χ3v) is 4.34. The Morgan fingerprint density at radius 2 is 2.25 bits per heavy atom. The lowest BCUT2D eigenvalue weighted by molar-refractivity contribution is 0.199. The number of aliphatic hydroxyl groups is 1. The summed E-state index contributed by atoms with van der Waals surface area (Å²) in [5.74, 6) is 2.05. The van der Waals surface area contributed by atoms with Gasteiger partial charge in [0.1, 0.15) is 0 Å². The average molecular weight is 237 g/mol. The lowest BCUT2D eigenvalue weighted by atomic mass is 10.1. The first-order valence-corrected chi connectivity index (χ1v) is 7.01. The lowest BCUT2D eigenvalue weighted by Crippen LogP contribution is -1.98. The van der Waals surface area contributed by atoms with E-state index >= 15 is 0 Å². The summed E-state index contributed by atoms with van der Waals surface area (Å²) < 4.78 is 0. The van der Waals surface area contributed by atoms with Crippen LogP contribution in [0.3, 0.4) is 0 Å². The van der Waals surface area contributed by atoms with Gasteiger partial charge in [0.15, 0.2) is 0 Å². The van der Waals surface area contributed by atoms with Crippen LogP contribution in [0.4, 0.5) is 0 Å². The van der Waals surface area contributed by atoms with Crippen LogP contribution >= 0.6 is 11.8 Å². The van der Waals surface area contributed by atoms with Crippen LogP contribution < -0.4 is 0 Å². The van der Waals surface area contributed by atoms with E-state index < -0.39 is 6.10 Å². The molecule has 16 heavy (non-hydrogen) atoms. The highest BCUT2D eigenvalue weighted by Gasteiger charge is 2.15. The standard InChI is InChI=1S/C13H19NOS/c1-10(15)12-6-7-14-13(8-12)16-9-11-4-2-3-5-11/h6-8,10-11,15H,2-5,9H2,1H3/t10-/m1/s1. The molecule has 88 valence electrons. The number of thioether (sulfide) groups is 1. The van der Waals surface area contributed by atoms with Gasteiger partial charge in [-0.15, -0.1) is 11.8 Å². The first-order chi connectivity index (χ1) is 7.75. The summed E-state index contributed by atoms with van der Waals surface area (Å²) in [5, 5.41) is 10.5. The van der Waals surface area contributed by atoms with Gasteiger partial charge in [-0.2, -0.15) is 0 Å². The number of aromatic nitrogens is 1. The summed E-state index contributed by atoms with van der Waals surface area (Å²) in [6.07, 6.45) is 6.94. The summed E-state index contributed by atoms with van der Waals surface area (Å²) in [5.41, 5.74) is 0.962. The van der Waals surface area contributed by atoms with Gasteiger partial charge in [0.2, 0.25) is 0 Å². The van der Waals surface area contributed by atoms with Gasteiger partial charge >= 0.3 is 0 Å². The van der Waals surface area contributed by atoms with Crippen LogP contribution in [0.15, 0.2) is 23.4 Å². The zero-order chi connectivity index (χ0) is 11.4. The molecule has 0 bridgehead atoms. The molecule has 1 aliphatic carbocycles. The highest BCUT2D eigenvalue weighted by molar-refractivity contribution is 7.99. The van der Waals surface area contributed by atoms with Crippen molar-refractivity contribution in [1.29, 1.82) is 0 Å². The zero-order valence-corrected chi connectivity index (χ0v) is 10.5. The van der Waals surface area contributed by atoms with E-state index in [-0.39, 0.29) is 0 Å². The maximum absolute atomic E-state index is 9.49. The Morgan fingerprint density at radius 3 is 2.94 bits per heavy atom. The second-order valence-electron chi connectivity index (χ2n) is 4.56. The summed E-state index contributed by atoms with van der Waals surface area (Å²) in [6.45, 7) is 1.79. The van der Waals surface area contributed by atoms with Gasteiger partial charge < -0.3 is 5.11 Å². The smallest absolute Gasteiger partial charge is 0.0963 e. The third kappa shape index (κ3) is 3.22. The lowest BCUT2D eigenvalue weighted by Gasteiger charge is -2.09. The summed E-state index contributed by atoms with van der Waals surface area (Å²) in [6, 6.07) is 3.88.